The average Bonchev–Trinajstić information content (AvgIpc) is 3.61. The minimum atomic E-state index is -0.999. The van der Waals surface area contributed by atoms with E-state index in [1.165, 1.54) is 11.3 Å². The molecule has 0 spiro atoms. The number of carboxylic acid groups (broad SMARTS) is 1. The lowest BCUT2D eigenvalue weighted by molar-refractivity contribution is -0.124. The van der Waals surface area contributed by atoms with Crippen molar-refractivity contribution >= 4 is 45.9 Å². The second-order valence-electron chi connectivity index (χ2n) is 11.2. The molecule has 3 N–H and O–H groups in total. The number of rotatable bonds is 6. The fourth-order valence-electron chi connectivity index (χ4n) is 6.13. The van der Waals surface area contributed by atoms with Gasteiger partial charge in [0.05, 0.1) is 11.4 Å². The Hall–Kier alpha value is -3.50. The third-order valence-corrected chi connectivity index (χ3v) is 9.66. The fraction of sp³-hybridized carbons (Fsp3) is 0.467. The number of anilines is 2. The summed E-state index contributed by atoms with van der Waals surface area (Å²) in [5.41, 5.74) is 9.12. The first-order chi connectivity index (χ1) is 19.4. The lowest BCUT2D eigenvalue weighted by atomic mass is 9.82. The Kier molecular flexibility index (Phi) is 7.46. The van der Waals surface area contributed by atoms with Crippen LogP contribution in [-0.2, 0) is 9.53 Å². The molecule has 1 unspecified atom stereocenters. The van der Waals surface area contributed by atoms with Gasteiger partial charge in [-0.15, -0.1) is 11.3 Å². The highest BCUT2D eigenvalue weighted by Gasteiger charge is 2.36. The summed E-state index contributed by atoms with van der Waals surface area (Å²) in [6.07, 6.45) is 13.8. The molecular weight excluding hydrogens is 526 g/mol. The summed E-state index contributed by atoms with van der Waals surface area (Å²) < 4.78 is 7.23. The van der Waals surface area contributed by atoms with Crippen molar-refractivity contribution in [1.29, 1.82) is 0 Å². The average molecular weight is 562 g/mol. The van der Waals surface area contributed by atoms with E-state index in [9.17, 15) is 14.7 Å². The molecule has 1 atom stereocenters. The predicted octanol–water partition coefficient (Wildman–Crippen LogP) is 5.54. The van der Waals surface area contributed by atoms with Crippen LogP contribution in [0, 0.1) is 11.8 Å². The predicted molar refractivity (Wildman–Crippen MR) is 156 cm³/mol. The van der Waals surface area contributed by atoms with Gasteiger partial charge in [0, 0.05) is 48.2 Å². The Balaban J connectivity index is 1.29. The summed E-state index contributed by atoms with van der Waals surface area (Å²) >= 11 is 1.24. The molecule has 9 nitrogen and oxygen atoms in total. The highest BCUT2D eigenvalue weighted by molar-refractivity contribution is 7.15. The summed E-state index contributed by atoms with van der Waals surface area (Å²) in [4.78, 5) is 33.7. The molecule has 2 fully saturated rings. The van der Waals surface area contributed by atoms with Gasteiger partial charge in [-0.1, -0.05) is 25.2 Å². The SMILES string of the molecule is C[C@H]1CC[C@H](C(=O)N(c2cc(C3=CCC(c4cc5nccc(N)n5n4)C=C3)sc2C(=O)O)C2CCOCC2)CC1. The van der Waals surface area contributed by atoms with E-state index in [4.69, 9.17) is 10.5 Å². The van der Waals surface area contributed by atoms with E-state index < -0.39 is 5.97 Å². The molecule has 0 radical (unpaired) electrons. The van der Waals surface area contributed by atoms with Crippen molar-refractivity contribution in [3.63, 3.8) is 0 Å². The zero-order valence-corrected chi connectivity index (χ0v) is 23.5. The number of fused-ring (bicyclic) bond motifs is 1. The molecule has 1 saturated carbocycles. The summed E-state index contributed by atoms with van der Waals surface area (Å²) in [6.45, 7) is 3.39. The van der Waals surface area contributed by atoms with Crippen LogP contribution in [0.5, 0.6) is 0 Å². The maximum absolute atomic E-state index is 14.0. The van der Waals surface area contributed by atoms with Crippen LogP contribution in [0.1, 0.15) is 78.0 Å². The molecule has 1 aliphatic heterocycles. The molecule has 10 heteroatoms. The number of hydrogen-bond acceptors (Lipinski definition) is 7. The number of hydrogen-bond donors (Lipinski definition) is 2. The van der Waals surface area contributed by atoms with Gasteiger partial charge < -0.3 is 20.5 Å². The van der Waals surface area contributed by atoms with Crippen LogP contribution in [0.2, 0.25) is 0 Å². The fourth-order valence-corrected chi connectivity index (χ4v) is 7.14. The number of amides is 1. The lowest BCUT2D eigenvalue weighted by Crippen LogP contribution is -2.47. The molecule has 3 aromatic heterocycles. The highest BCUT2D eigenvalue weighted by atomic mass is 32.1. The molecule has 0 bridgehead atoms. The quantitative estimate of drug-likeness (QED) is 0.405. The van der Waals surface area contributed by atoms with Crippen LogP contribution >= 0.6 is 11.3 Å². The standard InChI is InChI=1S/C30H35N5O4S/c1-18-2-4-21(5-3-18)29(36)34(22-11-14-39-15-12-22)24-17-25(40-28(24)30(37)38)20-8-6-19(7-9-20)23-16-27-32-13-10-26(31)35(27)33-23/h6,8-10,13,16-19,21-22H,2-5,7,11-12,14-15,31H2,1H3,(H,37,38)/t18-,19?,21-. The van der Waals surface area contributed by atoms with Crippen molar-refractivity contribution in [2.24, 2.45) is 11.8 Å². The monoisotopic (exact) mass is 561 g/mol. The number of carbonyl (C=O) groups is 2. The van der Waals surface area contributed by atoms with Gasteiger partial charge >= 0.3 is 5.97 Å². The summed E-state index contributed by atoms with van der Waals surface area (Å²) in [6, 6.07) is 5.52. The van der Waals surface area contributed by atoms with E-state index >= 15 is 0 Å². The molecule has 3 aromatic rings. The van der Waals surface area contributed by atoms with Crippen molar-refractivity contribution in [3.8, 4) is 0 Å². The number of carbonyl (C=O) groups excluding carboxylic acids is 1. The van der Waals surface area contributed by atoms with Crippen molar-refractivity contribution < 1.29 is 19.4 Å². The molecule has 4 heterocycles. The van der Waals surface area contributed by atoms with E-state index in [2.05, 4.69) is 29.2 Å². The molecule has 3 aliphatic rings. The molecule has 1 saturated heterocycles. The van der Waals surface area contributed by atoms with Crippen molar-refractivity contribution in [2.75, 3.05) is 23.8 Å². The summed E-state index contributed by atoms with van der Waals surface area (Å²) in [5, 5.41) is 14.9. The number of carboxylic acids is 1. The molecule has 40 heavy (non-hydrogen) atoms. The van der Waals surface area contributed by atoms with E-state index in [-0.39, 0.29) is 28.7 Å². The van der Waals surface area contributed by atoms with Gasteiger partial charge in [0.1, 0.15) is 10.7 Å². The van der Waals surface area contributed by atoms with E-state index in [0.717, 1.165) is 41.8 Å². The largest absolute Gasteiger partial charge is 0.477 e. The number of thiophene rings is 1. The molecule has 1 amide bonds. The normalized spacial score (nSPS) is 23.7. The first-order valence-electron chi connectivity index (χ1n) is 14.2. The number of aromatic nitrogens is 3. The number of nitrogens with two attached hydrogens (primary N) is 1. The minimum Gasteiger partial charge on any atom is -0.477 e. The number of allylic oxidation sites excluding steroid dienone is 4. The first kappa shape index (κ1) is 26.7. The van der Waals surface area contributed by atoms with Crippen LogP contribution in [0.4, 0.5) is 11.5 Å². The molecule has 2 aliphatic carbocycles. The van der Waals surface area contributed by atoms with Crippen LogP contribution in [0.3, 0.4) is 0 Å². The Morgan fingerprint density at radius 1 is 1.15 bits per heavy atom. The number of nitrogens with zero attached hydrogens (tertiary/aromatic N) is 4. The second-order valence-corrected chi connectivity index (χ2v) is 12.3. The third kappa shape index (κ3) is 5.17. The van der Waals surface area contributed by atoms with Gasteiger partial charge in [-0.25, -0.2) is 9.78 Å². The highest BCUT2D eigenvalue weighted by Crippen LogP contribution is 2.41. The lowest BCUT2D eigenvalue weighted by Gasteiger charge is -2.37. The van der Waals surface area contributed by atoms with E-state index in [1.807, 2.05) is 23.1 Å². The van der Waals surface area contributed by atoms with Crippen molar-refractivity contribution in [3.05, 3.63) is 58.1 Å². The number of aromatic carboxylic acids is 1. The third-order valence-electron chi connectivity index (χ3n) is 8.50. The zero-order chi connectivity index (χ0) is 27.8. The summed E-state index contributed by atoms with van der Waals surface area (Å²) in [7, 11) is 0. The van der Waals surface area contributed by atoms with Crippen molar-refractivity contribution in [1.82, 2.24) is 14.6 Å². The number of nitrogen functional groups attached to an aromatic ring is 1. The number of ether oxygens (including phenoxy) is 1. The zero-order valence-electron chi connectivity index (χ0n) is 22.7. The molecule has 6 rings (SSSR count). The Morgan fingerprint density at radius 3 is 2.60 bits per heavy atom. The molecule has 0 aromatic carbocycles. The molecular formula is C30H35N5O4S. The minimum absolute atomic E-state index is 0.0579. The maximum Gasteiger partial charge on any atom is 0.348 e. The van der Waals surface area contributed by atoms with Crippen LogP contribution < -0.4 is 10.6 Å². The van der Waals surface area contributed by atoms with Crippen LogP contribution in [-0.4, -0.2) is 50.8 Å². The van der Waals surface area contributed by atoms with Crippen LogP contribution in [0.25, 0.3) is 11.2 Å². The molecule has 210 valence electrons. The van der Waals surface area contributed by atoms with Gasteiger partial charge in [-0.3, -0.25) is 4.79 Å². The van der Waals surface area contributed by atoms with Crippen molar-refractivity contribution in [2.45, 2.75) is 63.8 Å². The van der Waals surface area contributed by atoms with Gasteiger partial charge in [-0.2, -0.15) is 9.61 Å². The Labute approximate surface area is 237 Å². The smallest absolute Gasteiger partial charge is 0.348 e. The Morgan fingerprint density at radius 2 is 1.93 bits per heavy atom. The second kappa shape index (κ2) is 11.2. The van der Waals surface area contributed by atoms with E-state index in [0.29, 0.717) is 55.5 Å². The van der Waals surface area contributed by atoms with E-state index in [1.54, 1.807) is 16.8 Å². The van der Waals surface area contributed by atoms with Gasteiger partial charge in [0.25, 0.3) is 0 Å². The maximum atomic E-state index is 14.0. The van der Waals surface area contributed by atoms with Gasteiger partial charge in [-0.05, 0) is 68.6 Å². The summed E-state index contributed by atoms with van der Waals surface area (Å²) in [5.74, 6) is 0.238. The Bertz CT molecular complexity index is 1480. The first-order valence-corrected chi connectivity index (χ1v) is 15.0. The van der Waals surface area contributed by atoms with Gasteiger partial charge in [0.15, 0.2) is 5.65 Å². The van der Waals surface area contributed by atoms with Crippen LogP contribution in [0.15, 0.2) is 42.6 Å². The topological polar surface area (TPSA) is 123 Å². The van der Waals surface area contributed by atoms with Gasteiger partial charge in [0.2, 0.25) is 5.91 Å².